The molecule has 23 heavy (non-hydrogen) atoms. The summed E-state index contributed by atoms with van der Waals surface area (Å²) in [6.07, 6.45) is 2.21. The van der Waals surface area contributed by atoms with Gasteiger partial charge in [0, 0.05) is 31.7 Å². The predicted molar refractivity (Wildman–Crippen MR) is 94.1 cm³/mol. The van der Waals surface area contributed by atoms with E-state index in [1.165, 1.54) is 37.8 Å². The van der Waals surface area contributed by atoms with E-state index in [1.54, 1.807) is 6.07 Å². The van der Waals surface area contributed by atoms with E-state index in [0.29, 0.717) is 5.56 Å². The first-order valence-electron chi connectivity index (χ1n) is 8.47. The Balaban J connectivity index is 1.57. The maximum absolute atomic E-state index is 13.9. The molecule has 3 rings (SSSR count). The van der Waals surface area contributed by atoms with Crippen molar-refractivity contribution in [1.82, 2.24) is 9.80 Å². The quantitative estimate of drug-likeness (QED) is 0.831. The molecule has 1 saturated heterocycles. The zero-order valence-corrected chi connectivity index (χ0v) is 13.8. The molecule has 1 aliphatic heterocycles. The molecular formula is C20H25FN2. The van der Waals surface area contributed by atoms with Gasteiger partial charge < -0.3 is 9.80 Å². The summed E-state index contributed by atoms with van der Waals surface area (Å²) in [6, 6.07) is 15.3. The molecule has 2 aromatic carbocycles. The lowest BCUT2D eigenvalue weighted by molar-refractivity contribution is 0.153. The van der Waals surface area contributed by atoms with Crippen molar-refractivity contribution in [3.63, 3.8) is 0 Å². The van der Waals surface area contributed by atoms with Gasteiger partial charge in [-0.3, -0.25) is 0 Å². The van der Waals surface area contributed by atoms with Crippen molar-refractivity contribution in [2.45, 2.75) is 12.8 Å². The lowest BCUT2D eigenvalue weighted by Gasteiger charge is -2.32. The van der Waals surface area contributed by atoms with Crippen molar-refractivity contribution in [2.75, 3.05) is 39.8 Å². The van der Waals surface area contributed by atoms with E-state index in [-0.39, 0.29) is 5.82 Å². The molecule has 0 atom stereocenters. The molecule has 0 unspecified atom stereocenters. The smallest absolute Gasteiger partial charge is 0.131 e. The van der Waals surface area contributed by atoms with Crippen molar-refractivity contribution in [2.24, 2.45) is 0 Å². The van der Waals surface area contributed by atoms with Crippen LogP contribution in [0, 0.1) is 5.82 Å². The third-order valence-corrected chi connectivity index (χ3v) is 4.65. The fourth-order valence-electron chi connectivity index (χ4n) is 3.17. The highest BCUT2D eigenvalue weighted by atomic mass is 19.1. The Morgan fingerprint density at radius 2 is 1.74 bits per heavy atom. The number of piperazine rings is 1. The molecule has 122 valence electrons. The largest absolute Gasteiger partial charge is 0.304 e. The SMILES string of the molecule is CN1CCN(CCCc2cccc(-c3ccccc3F)c2)CC1. The molecule has 1 heterocycles. The number of hydrogen-bond acceptors (Lipinski definition) is 2. The van der Waals surface area contributed by atoms with Crippen LogP contribution in [0.3, 0.4) is 0 Å². The average molecular weight is 312 g/mol. The zero-order chi connectivity index (χ0) is 16.1. The fraction of sp³-hybridized carbons (Fsp3) is 0.400. The van der Waals surface area contributed by atoms with Crippen molar-refractivity contribution in [3.8, 4) is 11.1 Å². The molecule has 0 spiro atoms. The summed E-state index contributed by atoms with van der Waals surface area (Å²) in [5.74, 6) is -0.151. The summed E-state index contributed by atoms with van der Waals surface area (Å²) in [5.41, 5.74) is 2.95. The van der Waals surface area contributed by atoms with Gasteiger partial charge in [-0.2, -0.15) is 0 Å². The number of benzene rings is 2. The number of halogens is 1. The van der Waals surface area contributed by atoms with Gasteiger partial charge in [-0.15, -0.1) is 0 Å². The molecule has 0 N–H and O–H groups in total. The van der Waals surface area contributed by atoms with E-state index in [1.807, 2.05) is 24.3 Å². The Bertz CT molecular complexity index is 633. The first-order valence-corrected chi connectivity index (χ1v) is 8.47. The van der Waals surface area contributed by atoms with Crippen LogP contribution in [0.4, 0.5) is 4.39 Å². The number of aryl methyl sites for hydroxylation is 1. The Morgan fingerprint density at radius 3 is 2.52 bits per heavy atom. The molecule has 0 aromatic heterocycles. The summed E-state index contributed by atoms with van der Waals surface area (Å²) >= 11 is 0. The summed E-state index contributed by atoms with van der Waals surface area (Å²) in [5, 5.41) is 0. The third-order valence-electron chi connectivity index (χ3n) is 4.65. The van der Waals surface area contributed by atoms with E-state index in [4.69, 9.17) is 0 Å². The van der Waals surface area contributed by atoms with Crippen molar-refractivity contribution in [1.29, 1.82) is 0 Å². The predicted octanol–water partition coefficient (Wildman–Crippen LogP) is 3.67. The highest BCUT2D eigenvalue weighted by Crippen LogP contribution is 2.23. The summed E-state index contributed by atoms with van der Waals surface area (Å²) in [4.78, 5) is 4.93. The van der Waals surface area contributed by atoms with Gasteiger partial charge in [0.2, 0.25) is 0 Å². The minimum absolute atomic E-state index is 0.151. The Hall–Kier alpha value is -1.71. The zero-order valence-electron chi connectivity index (χ0n) is 13.8. The first-order chi connectivity index (χ1) is 11.2. The second kappa shape index (κ2) is 7.71. The normalized spacial score (nSPS) is 16.6. The van der Waals surface area contributed by atoms with Gasteiger partial charge in [-0.1, -0.05) is 42.5 Å². The number of rotatable bonds is 5. The molecule has 3 heteroatoms. The first kappa shape index (κ1) is 16.2. The van der Waals surface area contributed by atoms with Gasteiger partial charge >= 0.3 is 0 Å². The summed E-state index contributed by atoms with van der Waals surface area (Å²) in [6.45, 7) is 5.83. The second-order valence-corrected chi connectivity index (χ2v) is 6.43. The standard InChI is InChI=1S/C20H25FN2/c1-22-12-14-23(15-13-22)11-5-7-17-6-4-8-18(16-17)19-9-2-3-10-20(19)21/h2-4,6,8-10,16H,5,7,11-15H2,1H3. The third kappa shape index (κ3) is 4.40. The molecule has 0 bridgehead atoms. The minimum atomic E-state index is -0.151. The van der Waals surface area contributed by atoms with Crippen LogP contribution in [0.5, 0.6) is 0 Å². The van der Waals surface area contributed by atoms with E-state index >= 15 is 0 Å². The molecule has 0 amide bonds. The average Bonchev–Trinajstić information content (AvgIpc) is 2.57. The van der Waals surface area contributed by atoms with Crippen LogP contribution < -0.4 is 0 Å². The summed E-state index contributed by atoms with van der Waals surface area (Å²) < 4.78 is 13.9. The Kier molecular flexibility index (Phi) is 5.42. The van der Waals surface area contributed by atoms with Gasteiger partial charge in [-0.05, 0) is 43.6 Å². The van der Waals surface area contributed by atoms with Crippen LogP contribution in [0.15, 0.2) is 48.5 Å². The Labute approximate surface area is 138 Å². The number of hydrogen-bond donors (Lipinski definition) is 0. The van der Waals surface area contributed by atoms with Gasteiger partial charge in [-0.25, -0.2) is 4.39 Å². The van der Waals surface area contributed by atoms with Crippen LogP contribution in [0.1, 0.15) is 12.0 Å². The van der Waals surface area contributed by atoms with Crippen LogP contribution >= 0.6 is 0 Å². The molecule has 0 radical (unpaired) electrons. The van der Waals surface area contributed by atoms with E-state index in [0.717, 1.165) is 24.9 Å². The molecule has 1 fully saturated rings. The minimum Gasteiger partial charge on any atom is -0.304 e. The van der Waals surface area contributed by atoms with Crippen molar-refractivity contribution < 1.29 is 4.39 Å². The van der Waals surface area contributed by atoms with Crippen LogP contribution in [-0.2, 0) is 6.42 Å². The van der Waals surface area contributed by atoms with Gasteiger partial charge in [0.15, 0.2) is 0 Å². The van der Waals surface area contributed by atoms with Crippen molar-refractivity contribution in [3.05, 3.63) is 59.9 Å². The fourth-order valence-corrected chi connectivity index (χ4v) is 3.17. The van der Waals surface area contributed by atoms with Crippen LogP contribution in [0.2, 0.25) is 0 Å². The number of nitrogens with zero attached hydrogens (tertiary/aromatic N) is 2. The van der Waals surface area contributed by atoms with Gasteiger partial charge in [0.25, 0.3) is 0 Å². The van der Waals surface area contributed by atoms with E-state index < -0.39 is 0 Å². The molecule has 2 nitrogen and oxygen atoms in total. The van der Waals surface area contributed by atoms with E-state index in [9.17, 15) is 4.39 Å². The second-order valence-electron chi connectivity index (χ2n) is 6.43. The highest BCUT2D eigenvalue weighted by Gasteiger charge is 2.13. The van der Waals surface area contributed by atoms with Crippen molar-refractivity contribution >= 4 is 0 Å². The van der Waals surface area contributed by atoms with Gasteiger partial charge in [0.1, 0.15) is 5.82 Å². The molecule has 2 aromatic rings. The summed E-state index contributed by atoms with van der Waals surface area (Å²) in [7, 11) is 2.19. The monoisotopic (exact) mass is 312 g/mol. The van der Waals surface area contributed by atoms with Crippen LogP contribution in [-0.4, -0.2) is 49.6 Å². The lowest BCUT2D eigenvalue weighted by atomic mass is 10.0. The molecule has 0 aliphatic carbocycles. The maximum atomic E-state index is 13.9. The Morgan fingerprint density at radius 1 is 0.957 bits per heavy atom. The molecular weight excluding hydrogens is 287 g/mol. The number of likely N-dealkylation sites (N-methyl/N-ethyl adjacent to an activating group) is 1. The topological polar surface area (TPSA) is 6.48 Å². The lowest BCUT2D eigenvalue weighted by Crippen LogP contribution is -2.44. The maximum Gasteiger partial charge on any atom is 0.131 e. The highest BCUT2D eigenvalue weighted by molar-refractivity contribution is 5.64. The molecule has 1 aliphatic rings. The van der Waals surface area contributed by atoms with Crippen LogP contribution in [0.25, 0.3) is 11.1 Å². The molecule has 0 saturated carbocycles. The van der Waals surface area contributed by atoms with E-state index in [2.05, 4.69) is 29.0 Å². The van der Waals surface area contributed by atoms with Gasteiger partial charge in [0.05, 0.1) is 0 Å².